The molecule has 0 atom stereocenters. The second kappa shape index (κ2) is 10.3. The van der Waals surface area contributed by atoms with Crippen molar-refractivity contribution in [3.63, 3.8) is 0 Å². The summed E-state index contributed by atoms with van der Waals surface area (Å²) in [4.78, 5) is 11.8. The summed E-state index contributed by atoms with van der Waals surface area (Å²) < 4.78 is 20.8. The molecular weight excluding hydrogens is 350 g/mol. The van der Waals surface area contributed by atoms with E-state index in [1.807, 2.05) is 6.07 Å². The van der Waals surface area contributed by atoms with E-state index in [-0.39, 0.29) is 13.2 Å². The molecule has 0 saturated heterocycles. The van der Waals surface area contributed by atoms with Gasteiger partial charge < -0.3 is 18.9 Å². The number of ether oxygens (including phenoxy) is 4. The lowest BCUT2D eigenvalue weighted by atomic mass is 10.2. The number of rotatable bonds is 9. The summed E-state index contributed by atoms with van der Waals surface area (Å²) in [6, 6.07) is 13.8. The number of hydrazone groups is 1. The Labute approximate surface area is 156 Å². The van der Waals surface area contributed by atoms with E-state index in [1.54, 1.807) is 49.6 Å². The van der Waals surface area contributed by atoms with Crippen molar-refractivity contribution in [2.24, 2.45) is 5.10 Å². The van der Waals surface area contributed by atoms with E-state index in [9.17, 15) is 4.79 Å². The van der Waals surface area contributed by atoms with Gasteiger partial charge in [0.2, 0.25) is 0 Å². The van der Waals surface area contributed by atoms with Gasteiger partial charge >= 0.3 is 0 Å². The zero-order valence-electron chi connectivity index (χ0n) is 15.0. The van der Waals surface area contributed by atoms with Crippen LogP contribution in [0, 0.1) is 11.3 Å². The van der Waals surface area contributed by atoms with Crippen LogP contribution in [-0.2, 0) is 4.79 Å². The molecule has 1 amide bonds. The predicted octanol–water partition coefficient (Wildman–Crippen LogP) is 2.14. The van der Waals surface area contributed by atoms with Gasteiger partial charge in [0.05, 0.1) is 20.4 Å². The van der Waals surface area contributed by atoms with Crippen LogP contribution in [0.5, 0.6) is 23.0 Å². The Bertz CT molecular complexity index is 828. The monoisotopic (exact) mass is 369 g/mol. The van der Waals surface area contributed by atoms with E-state index < -0.39 is 5.91 Å². The first kappa shape index (κ1) is 19.6. The molecule has 8 heteroatoms. The van der Waals surface area contributed by atoms with Crippen molar-refractivity contribution in [3.05, 3.63) is 48.0 Å². The van der Waals surface area contributed by atoms with Gasteiger partial charge in [0.1, 0.15) is 17.6 Å². The molecule has 0 aromatic heterocycles. The second-order valence-electron chi connectivity index (χ2n) is 5.11. The third kappa shape index (κ3) is 6.25. The lowest BCUT2D eigenvalue weighted by Gasteiger charge is -2.08. The number of amides is 1. The molecule has 0 bridgehead atoms. The number of nitriles is 1. The second-order valence-corrected chi connectivity index (χ2v) is 5.11. The van der Waals surface area contributed by atoms with E-state index in [0.717, 1.165) is 0 Å². The Morgan fingerprint density at radius 2 is 1.81 bits per heavy atom. The van der Waals surface area contributed by atoms with Gasteiger partial charge in [-0.1, -0.05) is 0 Å². The summed E-state index contributed by atoms with van der Waals surface area (Å²) in [6.07, 6.45) is 1.46. The van der Waals surface area contributed by atoms with Crippen molar-refractivity contribution < 1.29 is 23.7 Å². The Morgan fingerprint density at radius 1 is 1.07 bits per heavy atom. The number of carbonyl (C=O) groups is 1. The number of carbonyl (C=O) groups excluding carboxylic acids is 1. The molecule has 2 aromatic carbocycles. The maximum absolute atomic E-state index is 11.8. The molecule has 0 aliphatic rings. The first-order valence-electron chi connectivity index (χ1n) is 7.93. The minimum absolute atomic E-state index is 0.0753. The Balaban J connectivity index is 1.84. The molecule has 0 saturated carbocycles. The van der Waals surface area contributed by atoms with E-state index in [0.29, 0.717) is 28.6 Å². The van der Waals surface area contributed by atoms with Crippen LogP contribution in [0.25, 0.3) is 0 Å². The summed E-state index contributed by atoms with van der Waals surface area (Å²) in [7, 11) is 3.07. The standard InChI is InChI=1S/C19H19N3O5/c1-24-15-4-6-16(7-5-15)27-13-19(23)22-21-12-14-3-8-17(26-10-9-20)18(11-14)25-2/h3-8,11-12H,10,13H2,1-2H3,(H,22,23)/b21-12-. The summed E-state index contributed by atoms with van der Waals surface area (Å²) in [5.74, 6) is 1.77. The maximum atomic E-state index is 11.8. The third-order valence-corrected chi connectivity index (χ3v) is 3.31. The third-order valence-electron chi connectivity index (χ3n) is 3.31. The molecule has 2 rings (SSSR count). The molecule has 140 valence electrons. The number of nitrogens with one attached hydrogen (secondary N) is 1. The fraction of sp³-hybridized carbons (Fsp3) is 0.211. The number of nitrogens with zero attached hydrogens (tertiary/aromatic N) is 2. The van der Waals surface area contributed by atoms with Gasteiger partial charge in [0.25, 0.3) is 5.91 Å². The largest absolute Gasteiger partial charge is 0.497 e. The van der Waals surface area contributed by atoms with Gasteiger partial charge in [-0.2, -0.15) is 10.4 Å². The first-order valence-corrected chi connectivity index (χ1v) is 7.93. The van der Waals surface area contributed by atoms with Crippen LogP contribution in [-0.4, -0.2) is 39.6 Å². The van der Waals surface area contributed by atoms with Crippen molar-refractivity contribution in [2.75, 3.05) is 27.4 Å². The molecule has 2 aromatic rings. The average molecular weight is 369 g/mol. The van der Waals surface area contributed by atoms with Crippen LogP contribution in [0.15, 0.2) is 47.6 Å². The SMILES string of the molecule is COc1ccc(OCC(=O)N/N=C\c2ccc(OCC#N)c(OC)c2)cc1. The van der Waals surface area contributed by atoms with Crippen molar-refractivity contribution in [3.8, 4) is 29.1 Å². The quantitative estimate of drug-likeness (QED) is 0.537. The fourth-order valence-corrected chi connectivity index (χ4v) is 2.03. The van der Waals surface area contributed by atoms with Gasteiger partial charge in [-0.15, -0.1) is 0 Å². The normalized spacial score (nSPS) is 10.1. The smallest absolute Gasteiger partial charge is 0.277 e. The Morgan fingerprint density at radius 3 is 2.48 bits per heavy atom. The molecule has 27 heavy (non-hydrogen) atoms. The van der Waals surface area contributed by atoms with Crippen LogP contribution in [0.3, 0.4) is 0 Å². The summed E-state index contributed by atoms with van der Waals surface area (Å²) in [5, 5.41) is 12.4. The van der Waals surface area contributed by atoms with Gasteiger partial charge in [0, 0.05) is 0 Å². The molecule has 0 spiro atoms. The minimum Gasteiger partial charge on any atom is -0.497 e. The number of methoxy groups -OCH3 is 2. The minimum atomic E-state index is -0.400. The number of hydrogen-bond acceptors (Lipinski definition) is 7. The van der Waals surface area contributed by atoms with Gasteiger partial charge in [-0.25, -0.2) is 5.43 Å². The Kier molecular flexibility index (Phi) is 7.48. The van der Waals surface area contributed by atoms with E-state index in [1.165, 1.54) is 13.3 Å². The predicted molar refractivity (Wildman–Crippen MR) is 98.3 cm³/mol. The fourth-order valence-electron chi connectivity index (χ4n) is 2.03. The number of hydrogen-bond donors (Lipinski definition) is 1. The van der Waals surface area contributed by atoms with Crippen LogP contribution in [0.4, 0.5) is 0 Å². The molecule has 0 fully saturated rings. The van der Waals surface area contributed by atoms with Crippen LogP contribution < -0.4 is 24.4 Å². The number of benzene rings is 2. The molecule has 0 aliphatic heterocycles. The molecular formula is C19H19N3O5. The zero-order valence-corrected chi connectivity index (χ0v) is 15.0. The summed E-state index contributed by atoms with van der Waals surface area (Å²) in [6.45, 7) is -0.248. The van der Waals surface area contributed by atoms with E-state index in [4.69, 9.17) is 24.2 Å². The average Bonchev–Trinajstić information content (AvgIpc) is 2.71. The van der Waals surface area contributed by atoms with Crippen LogP contribution >= 0.6 is 0 Å². The molecule has 0 radical (unpaired) electrons. The van der Waals surface area contributed by atoms with Crippen molar-refractivity contribution in [1.29, 1.82) is 5.26 Å². The van der Waals surface area contributed by atoms with Gasteiger partial charge in [-0.05, 0) is 48.0 Å². The van der Waals surface area contributed by atoms with Crippen LogP contribution in [0.2, 0.25) is 0 Å². The molecule has 0 heterocycles. The highest BCUT2D eigenvalue weighted by molar-refractivity contribution is 5.83. The van der Waals surface area contributed by atoms with Crippen LogP contribution in [0.1, 0.15) is 5.56 Å². The first-order chi connectivity index (χ1) is 13.2. The highest BCUT2D eigenvalue weighted by atomic mass is 16.5. The van der Waals surface area contributed by atoms with Crippen molar-refractivity contribution in [2.45, 2.75) is 0 Å². The topological polar surface area (TPSA) is 102 Å². The maximum Gasteiger partial charge on any atom is 0.277 e. The molecule has 8 nitrogen and oxygen atoms in total. The summed E-state index contributed by atoms with van der Waals surface area (Å²) >= 11 is 0. The zero-order chi connectivity index (χ0) is 19.5. The summed E-state index contributed by atoms with van der Waals surface area (Å²) in [5.41, 5.74) is 3.06. The van der Waals surface area contributed by atoms with E-state index >= 15 is 0 Å². The highest BCUT2D eigenvalue weighted by Gasteiger charge is 2.05. The molecule has 0 aliphatic carbocycles. The lowest BCUT2D eigenvalue weighted by Crippen LogP contribution is -2.24. The van der Waals surface area contributed by atoms with E-state index in [2.05, 4.69) is 10.5 Å². The lowest BCUT2D eigenvalue weighted by molar-refractivity contribution is -0.123. The van der Waals surface area contributed by atoms with Gasteiger partial charge in [-0.3, -0.25) is 4.79 Å². The van der Waals surface area contributed by atoms with Crippen molar-refractivity contribution in [1.82, 2.24) is 5.43 Å². The van der Waals surface area contributed by atoms with Gasteiger partial charge in [0.15, 0.2) is 24.7 Å². The Hall–Kier alpha value is -3.73. The molecule has 1 N–H and O–H groups in total. The van der Waals surface area contributed by atoms with Crippen molar-refractivity contribution >= 4 is 12.1 Å². The highest BCUT2D eigenvalue weighted by Crippen LogP contribution is 2.27. The molecule has 0 unspecified atom stereocenters.